The molecule has 100 valence electrons. The Morgan fingerprint density at radius 2 is 2.10 bits per heavy atom. The molecular weight excluding hydrogens is 248 g/mol. The summed E-state index contributed by atoms with van der Waals surface area (Å²) in [5, 5.41) is 0. The van der Waals surface area contributed by atoms with E-state index >= 15 is 0 Å². The third-order valence-corrected chi connectivity index (χ3v) is 3.78. The van der Waals surface area contributed by atoms with Crippen molar-refractivity contribution in [1.29, 1.82) is 0 Å². The zero-order valence-corrected chi connectivity index (χ0v) is 11.2. The van der Waals surface area contributed by atoms with Crippen molar-refractivity contribution in [2.24, 2.45) is 5.73 Å². The average molecular weight is 264 g/mol. The minimum absolute atomic E-state index is 0.548. The van der Waals surface area contributed by atoms with Crippen LogP contribution >= 0.6 is 0 Å². The SMILES string of the molecule is NCc1cccc(-c2nc3cccnc3n2C2CC2)c1. The summed E-state index contributed by atoms with van der Waals surface area (Å²) in [6.07, 6.45) is 4.26. The third-order valence-electron chi connectivity index (χ3n) is 3.78. The lowest BCUT2D eigenvalue weighted by molar-refractivity contribution is 0.766. The van der Waals surface area contributed by atoms with Crippen molar-refractivity contribution in [2.45, 2.75) is 25.4 Å². The van der Waals surface area contributed by atoms with Crippen LogP contribution in [0.4, 0.5) is 0 Å². The van der Waals surface area contributed by atoms with E-state index in [1.807, 2.05) is 30.5 Å². The Balaban J connectivity index is 1.96. The molecule has 2 aromatic heterocycles. The van der Waals surface area contributed by atoms with E-state index in [2.05, 4.69) is 21.7 Å². The minimum Gasteiger partial charge on any atom is -0.326 e. The number of pyridine rings is 1. The summed E-state index contributed by atoms with van der Waals surface area (Å²) in [5.41, 5.74) is 9.95. The molecule has 20 heavy (non-hydrogen) atoms. The number of hydrogen-bond donors (Lipinski definition) is 1. The molecule has 1 aliphatic rings. The first kappa shape index (κ1) is 11.6. The van der Waals surface area contributed by atoms with Gasteiger partial charge < -0.3 is 10.3 Å². The van der Waals surface area contributed by atoms with Crippen molar-refractivity contribution in [1.82, 2.24) is 14.5 Å². The van der Waals surface area contributed by atoms with Crippen LogP contribution in [-0.4, -0.2) is 14.5 Å². The van der Waals surface area contributed by atoms with Crippen LogP contribution in [0.1, 0.15) is 24.4 Å². The molecular formula is C16H16N4. The van der Waals surface area contributed by atoms with E-state index in [9.17, 15) is 0 Å². The summed E-state index contributed by atoms with van der Waals surface area (Å²) in [6, 6.07) is 12.8. The Morgan fingerprint density at radius 3 is 2.90 bits per heavy atom. The highest BCUT2D eigenvalue weighted by atomic mass is 15.2. The van der Waals surface area contributed by atoms with Crippen molar-refractivity contribution < 1.29 is 0 Å². The summed E-state index contributed by atoms with van der Waals surface area (Å²) in [6.45, 7) is 0.551. The first-order valence-corrected chi connectivity index (χ1v) is 6.99. The van der Waals surface area contributed by atoms with Gasteiger partial charge in [0.15, 0.2) is 5.65 Å². The Labute approximate surface area is 117 Å². The molecule has 0 saturated heterocycles. The monoisotopic (exact) mass is 264 g/mol. The van der Waals surface area contributed by atoms with E-state index in [1.165, 1.54) is 12.8 Å². The summed E-state index contributed by atoms with van der Waals surface area (Å²) in [5.74, 6) is 1.01. The van der Waals surface area contributed by atoms with Crippen LogP contribution in [0.15, 0.2) is 42.6 Å². The molecule has 1 saturated carbocycles. The van der Waals surface area contributed by atoms with Crippen LogP contribution in [0.2, 0.25) is 0 Å². The van der Waals surface area contributed by atoms with Gasteiger partial charge in [0.2, 0.25) is 0 Å². The second kappa shape index (κ2) is 4.42. The number of nitrogens with zero attached hydrogens (tertiary/aromatic N) is 3. The van der Waals surface area contributed by atoms with Gasteiger partial charge in [0.05, 0.1) is 0 Å². The fourth-order valence-electron chi connectivity index (χ4n) is 2.65. The largest absolute Gasteiger partial charge is 0.326 e. The Bertz CT molecular complexity index is 771. The number of aromatic nitrogens is 3. The zero-order valence-electron chi connectivity index (χ0n) is 11.2. The smallest absolute Gasteiger partial charge is 0.160 e. The third kappa shape index (κ3) is 1.80. The minimum atomic E-state index is 0.548. The van der Waals surface area contributed by atoms with Crippen LogP contribution in [0.3, 0.4) is 0 Å². The van der Waals surface area contributed by atoms with Gasteiger partial charge in [0, 0.05) is 24.3 Å². The summed E-state index contributed by atoms with van der Waals surface area (Å²) in [4.78, 5) is 9.29. The van der Waals surface area contributed by atoms with Crippen molar-refractivity contribution in [2.75, 3.05) is 0 Å². The van der Waals surface area contributed by atoms with E-state index in [-0.39, 0.29) is 0 Å². The summed E-state index contributed by atoms with van der Waals surface area (Å²) in [7, 11) is 0. The molecule has 4 nitrogen and oxygen atoms in total. The molecule has 4 rings (SSSR count). The number of benzene rings is 1. The van der Waals surface area contributed by atoms with Crippen molar-refractivity contribution in [3.63, 3.8) is 0 Å². The van der Waals surface area contributed by atoms with Crippen LogP contribution in [0, 0.1) is 0 Å². The second-order valence-electron chi connectivity index (χ2n) is 5.29. The van der Waals surface area contributed by atoms with E-state index < -0.39 is 0 Å². The highest BCUT2D eigenvalue weighted by Crippen LogP contribution is 2.40. The molecule has 0 atom stereocenters. The summed E-state index contributed by atoms with van der Waals surface area (Å²) >= 11 is 0. The topological polar surface area (TPSA) is 56.7 Å². The number of rotatable bonds is 3. The van der Waals surface area contributed by atoms with Gasteiger partial charge in [-0.3, -0.25) is 0 Å². The zero-order chi connectivity index (χ0) is 13.5. The second-order valence-corrected chi connectivity index (χ2v) is 5.29. The number of imidazole rings is 1. The first-order chi connectivity index (χ1) is 9.86. The van der Waals surface area contributed by atoms with E-state index in [1.54, 1.807) is 0 Å². The molecule has 1 aliphatic carbocycles. The normalized spacial score (nSPS) is 14.8. The maximum atomic E-state index is 5.74. The average Bonchev–Trinajstić information content (AvgIpc) is 3.27. The molecule has 3 aromatic rings. The molecule has 1 aromatic carbocycles. The van der Waals surface area contributed by atoms with E-state index in [0.29, 0.717) is 12.6 Å². The van der Waals surface area contributed by atoms with E-state index in [4.69, 9.17) is 10.7 Å². The standard InChI is InChI=1S/C16H16N4/c17-10-11-3-1-4-12(9-11)15-19-14-5-2-8-18-16(14)20(15)13-6-7-13/h1-5,8-9,13H,6-7,10,17H2. The lowest BCUT2D eigenvalue weighted by Crippen LogP contribution is -2.00. The molecule has 4 heteroatoms. The van der Waals surface area contributed by atoms with Gasteiger partial charge in [0.25, 0.3) is 0 Å². The summed E-state index contributed by atoms with van der Waals surface area (Å²) < 4.78 is 2.28. The molecule has 2 heterocycles. The number of hydrogen-bond acceptors (Lipinski definition) is 3. The van der Waals surface area contributed by atoms with Crippen LogP contribution in [0.25, 0.3) is 22.6 Å². The molecule has 0 amide bonds. The Kier molecular flexibility index (Phi) is 2.57. The first-order valence-electron chi connectivity index (χ1n) is 6.99. The van der Waals surface area contributed by atoms with Gasteiger partial charge in [-0.05, 0) is 36.6 Å². The van der Waals surface area contributed by atoms with Gasteiger partial charge in [-0.1, -0.05) is 18.2 Å². The van der Waals surface area contributed by atoms with Gasteiger partial charge >= 0.3 is 0 Å². The van der Waals surface area contributed by atoms with Crippen molar-refractivity contribution in [3.05, 3.63) is 48.2 Å². The highest BCUT2D eigenvalue weighted by molar-refractivity contribution is 5.77. The molecule has 0 aliphatic heterocycles. The quantitative estimate of drug-likeness (QED) is 0.791. The molecule has 0 radical (unpaired) electrons. The lowest BCUT2D eigenvalue weighted by atomic mass is 10.1. The molecule has 1 fully saturated rings. The van der Waals surface area contributed by atoms with Crippen LogP contribution in [0.5, 0.6) is 0 Å². The van der Waals surface area contributed by atoms with Gasteiger partial charge in [0.1, 0.15) is 11.3 Å². The predicted octanol–water partition coefficient (Wildman–Crippen LogP) is 2.89. The van der Waals surface area contributed by atoms with E-state index in [0.717, 1.165) is 28.1 Å². The van der Waals surface area contributed by atoms with Gasteiger partial charge in [-0.25, -0.2) is 9.97 Å². The maximum Gasteiger partial charge on any atom is 0.160 e. The van der Waals surface area contributed by atoms with Gasteiger partial charge in [-0.2, -0.15) is 0 Å². The van der Waals surface area contributed by atoms with Crippen LogP contribution < -0.4 is 5.73 Å². The molecule has 2 N–H and O–H groups in total. The lowest BCUT2D eigenvalue weighted by Gasteiger charge is -2.08. The molecule has 0 unspecified atom stereocenters. The Morgan fingerprint density at radius 1 is 1.20 bits per heavy atom. The van der Waals surface area contributed by atoms with Crippen LogP contribution in [-0.2, 0) is 6.54 Å². The maximum absolute atomic E-state index is 5.74. The number of fused-ring (bicyclic) bond motifs is 1. The van der Waals surface area contributed by atoms with Gasteiger partial charge in [-0.15, -0.1) is 0 Å². The highest BCUT2D eigenvalue weighted by Gasteiger charge is 2.29. The Hall–Kier alpha value is -2.20. The molecule has 0 spiro atoms. The fraction of sp³-hybridized carbons (Fsp3) is 0.250. The predicted molar refractivity (Wildman–Crippen MR) is 79.1 cm³/mol. The van der Waals surface area contributed by atoms with Crippen molar-refractivity contribution in [3.8, 4) is 11.4 Å². The fourth-order valence-corrected chi connectivity index (χ4v) is 2.65. The number of nitrogens with two attached hydrogens (primary N) is 1. The molecule has 0 bridgehead atoms. The van der Waals surface area contributed by atoms with Crippen molar-refractivity contribution >= 4 is 11.2 Å².